The van der Waals surface area contributed by atoms with E-state index in [1.807, 2.05) is 0 Å². The summed E-state index contributed by atoms with van der Waals surface area (Å²) in [5.41, 5.74) is 2.77. The van der Waals surface area contributed by atoms with Crippen molar-refractivity contribution in [3.63, 3.8) is 0 Å². The van der Waals surface area contributed by atoms with Gasteiger partial charge in [0.25, 0.3) is 0 Å². The first-order chi connectivity index (χ1) is 7.79. The number of piperidine rings is 1. The highest BCUT2D eigenvalue weighted by Gasteiger charge is 2.20. The molecule has 0 aromatic rings. The first-order valence-corrected chi connectivity index (χ1v) is 6.39. The highest BCUT2D eigenvalue weighted by atomic mass is 15.1. The number of aliphatic imine (C=N–C) groups is 1. The number of rotatable bonds is 2. The molecule has 1 fully saturated rings. The van der Waals surface area contributed by atoms with Gasteiger partial charge in [-0.2, -0.15) is 0 Å². The molecule has 2 heteroatoms. The summed E-state index contributed by atoms with van der Waals surface area (Å²) in [5, 5.41) is 0. The number of likely N-dealkylation sites (tertiary alicyclic amines) is 1. The van der Waals surface area contributed by atoms with Crippen LogP contribution < -0.4 is 0 Å². The Balaban J connectivity index is 2.06. The predicted molar refractivity (Wildman–Crippen MR) is 70.0 cm³/mol. The van der Waals surface area contributed by atoms with Gasteiger partial charge in [-0.15, -0.1) is 0 Å². The summed E-state index contributed by atoms with van der Waals surface area (Å²) >= 11 is 0. The van der Waals surface area contributed by atoms with Gasteiger partial charge >= 0.3 is 0 Å². The van der Waals surface area contributed by atoms with E-state index >= 15 is 0 Å². The number of nitrogens with zero attached hydrogens (tertiary/aromatic N) is 2. The highest BCUT2D eigenvalue weighted by molar-refractivity contribution is 5.98. The Kier molecular flexibility index (Phi) is 3.94. The van der Waals surface area contributed by atoms with E-state index in [0.717, 1.165) is 13.0 Å². The van der Waals surface area contributed by atoms with Crippen molar-refractivity contribution in [1.29, 1.82) is 0 Å². The van der Waals surface area contributed by atoms with Crippen molar-refractivity contribution in [2.75, 3.05) is 26.7 Å². The lowest BCUT2D eigenvalue weighted by Crippen LogP contribution is -2.33. The molecule has 2 aliphatic rings. The van der Waals surface area contributed by atoms with Crippen molar-refractivity contribution in [2.45, 2.75) is 26.2 Å². The maximum absolute atomic E-state index is 4.71. The normalized spacial score (nSPS) is 23.9. The Morgan fingerprint density at radius 2 is 2.12 bits per heavy atom. The summed E-state index contributed by atoms with van der Waals surface area (Å²) < 4.78 is 0. The molecule has 0 spiro atoms. The highest BCUT2D eigenvalue weighted by Crippen LogP contribution is 2.21. The molecule has 0 atom stereocenters. The Bertz CT molecular complexity index is 318. The van der Waals surface area contributed by atoms with Gasteiger partial charge in [0.05, 0.1) is 6.54 Å². The number of hydrogen-bond donors (Lipinski definition) is 0. The van der Waals surface area contributed by atoms with Gasteiger partial charge in [0.15, 0.2) is 0 Å². The smallest absolute Gasteiger partial charge is 0.0576 e. The average molecular weight is 218 g/mol. The fourth-order valence-corrected chi connectivity index (χ4v) is 2.42. The van der Waals surface area contributed by atoms with Crippen molar-refractivity contribution >= 4 is 5.71 Å². The molecule has 2 aliphatic heterocycles. The van der Waals surface area contributed by atoms with Crippen molar-refractivity contribution in [2.24, 2.45) is 10.9 Å². The minimum atomic E-state index is 0.692. The van der Waals surface area contributed by atoms with Crippen LogP contribution in [-0.2, 0) is 0 Å². The zero-order valence-electron chi connectivity index (χ0n) is 10.4. The van der Waals surface area contributed by atoms with Gasteiger partial charge in [0.2, 0.25) is 0 Å². The monoisotopic (exact) mass is 218 g/mol. The molecule has 2 rings (SSSR count). The second-order valence-electron chi connectivity index (χ2n) is 4.82. The third-order valence-corrected chi connectivity index (χ3v) is 3.59. The zero-order valence-corrected chi connectivity index (χ0v) is 10.4. The Morgan fingerprint density at radius 1 is 1.38 bits per heavy atom. The second kappa shape index (κ2) is 5.44. The number of hydrogen-bond acceptors (Lipinski definition) is 2. The van der Waals surface area contributed by atoms with Gasteiger partial charge in [-0.05, 0) is 51.0 Å². The second-order valence-corrected chi connectivity index (χ2v) is 4.82. The Hall–Kier alpha value is -0.890. The van der Waals surface area contributed by atoms with Gasteiger partial charge in [0.1, 0.15) is 0 Å². The Morgan fingerprint density at radius 3 is 2.81 bits per heavy atom. The summed E-state index contributed by atoms with van der Waals surface area (Å²) in [6, 6.07) is 0. The van der Waals surface area contributed by atoms with E-state index in [9.17, 15) is 0 Å². The molecule has 0 aliphatic carbocycles. The van der Waals surface area contributed by atoms with Crippen LogP contribution in [0.2, 0.25) is 0 Å². The standard InChI is InChI=1S/C14H22N2/c1-3-12-5-4-8-15-14(11-12)13-6-9-16(2)10-7-13/h4-5,11,13H,3,6-10H2,1-2H3. The fraction of sp³-hybridized carbons (Fsp3) is 0.643. The van der Waals surface area contributed by atoms with Crippen LogP contribution in [0.3, 0.4) is 0 Å². The van der Waals surface area contributed by atoms with Gasteiger partial charge in [-0.3, -0.25) is 4.99 Å². The van der Waals surface area contributed by atoms with Crippen LogP contribution in [0, 0.1) is 5.92 Å². The average Bonchev–Trinajstić information content (AvgIpc) is 2.55. The first-order valence-electron chi connectivity index (χ1n) is 6.39. The molecule has 0 amide bonds. The zero-order chi connectivity index (χ0) is 11.4. The third-order valence-electron chi connectivity index (χ3n) is 3.59. The molecule has 0 aromatic heterocycles. The molecular formula is C14H22N2. The lowest BCUT2D eigenvalue weighted by atomic mass is 9.91. The van der Waals surface area contributed by atoms with E-state index in [2.05, 4.69) is 37.1 Å². The van der Waals surface area contributed by atoms with E-state index in [0.29, 0.717) is 5.92 Å². The molecule has 16 heavy (non-hydrogen) atoms. The molecule has 2 heterocycles. The molecule has 0 N–H and O–H groups in total. The van der Waals surface area contributed by atoms with Crippen LogP contribution in [0.1, 0.15) is 26.2 Å². The third kappa shape index (κ3) is 2.82. The molecule has 0 aromatic carbocycles. The van der Waals surface area contributed by atoms with Gasteiger partial charge in [-0.1, -0.05) is 19.1 Å². The minimum absolute atomic E-state index is 0.692. The summed E-state index contributed by atoms with van der Waals surface area (Å²) in [7, 11) is 2.21. The van der Waals surface area contributed by atoms with E-state index in [1.165, 1.54) is 37.2 Å². The lowest BCUT2D eigenvalue weighted by Gasteiger charge is -2.29. The van der Waals surface area contributed by atoms with E-state index < -0.39 is 0 Å². The van der Waals surface area contributed by atoms with Crippen LogP contribution in [0.5, 0.6) is 0 Å². The molecule has 0 radical (unpaired) electrons. The summed E-state index contributed by atoms with van der Waals surface area (Å²) in [6.07, 6.45) is 10.4. The van der Waals surface area contributed by atoms with Gasteiger partial charge < -0.3 is 4.90 Å². The molecule has 0 saturated carbocycles. The van der Waals surface area contributed by atoms with Crippen LogP contribution >= 0.6 is 0 Å². The Labute approximate surface area is 98.7 Å². The van der Waals surface area contributed by atoms with Crippen LogP contribution in [0.25, 0.3) is 0 Å². The van der Waals surface area contributed by atoms with E-state index in [4.69, 9.17) is 4.99 Å². The number of allylic oxidation sites excluding steroid dienone is 3. The predicted octanol–water partition coefficient (Wildman–Crippen LogP) is 2.68. The maximum atomic E-state index is 4.71. The molecule has 88 valence electrons. The van der Waals surface area contributed by atoms with Crippen molar-refractivity contribution in [1.82, 2.24) is 4.90 Å². The van der Waals surface area contributed by atoms with E-state index in [1.54, 1.807) is 0 Å². The van der Waals surface area contributed by atoms with Crippen molar-refractivity contribution in [3.05, 3.63) is 23.8 Å². The first kappa shape index (κ1) is 11.6. The van der Waals surface area contributed by atoms with Crippen LogP contribution in [-0.4, -0.2) is 37.3 Å². The minimum Gasteiger partial charge on any atom is -0.306 e. The van der Waals surface area contributed by atoms with Crippen molar-refractivity contribution < 1.29 is 0 Å². The molecule has 2 nitrogen and oxygen atoms in total. The maximum Gasteiger partial charge on any atom is 0.0576 e. The summed E-state index contributed by atoms with van der Waals surface area (Å²) in [4.78, 5) is 7.12. The largest absolute Gasteiger partial charge is 0.306 e. The fourth-order valence-electron chi connectivity index (χ4n) is 2.42. The van der Waals surface area contributed by atoms with E-state index in [-0.39, 0.29) is 0 Å². The molecular weight excluding hydrogens is 196 g/mol. The van der Waals surface area contributed by atoms with Gasteiger partial charge in [0, 0.05) is 11.6 Å². The molecule has 0 unspecified atom stereocenters. The van der Waals surface area contributed by atoms with Crippen molar-refractivity contribution in [3.8, 4) is 0 Å². The molecule has 1 saturated heterocycles. The summed E-state index contributed by atoms with van der Waals surface area (Å²) in [5.74, 6) is 0.692. The summed E-state index contributed by atoms with van der Waals surface area (Å²) in [6.45, 7) is 5.51. The SMILES string of the molecule is CCC1=CC(C2CCN(C)CC2)=NCC=C1. The quantitative estimate of drug-likeness (QED) is 0.696. The van der Waals surface area contributed by atoms with Gasteiger partial charge in [-0.25, -0.2) is 0 Å². The lowest BCUT2D eigenvalue weighted by molar-refractivity contribution is 0.252. The van der Waals surface area contributed by atoms with Crippen LogP contribution in [0.4, 0.5) is 0 Å². The molecule has 0 bridgehead atoms. The van der Waals surface area contributed by atoms with Crippen LogP contribution in [0.15, 0.2) is 28.8 Å². The topological polar surface area (TPSA) is 15.6 Å².